The van der Waals surface area contributed by atoms with Crippen molar-refractivity contribution in [1.29, 1.82) is 0 Å². The Hall–Kier alpha value is -4.62. The first-order valence-corrected chi connectivity index (χ1v) is 21.2. The van der Waals surface area contributed by atoms with Gasteiger partial charge in [0, 0.05) is 22.4 Å². The van der Waals surface area contributed by atoms with E-state index in [2.05, 4.69) is 146 Å². The number of hydrogen-bond acceptors (Lipinski definition) is 1. The predicted octanol–water partition coefficient (Wildman–Crippen LogP) is 14.8. The highest BCUT2D eigenvalue weighted by Gasteiger charge is 2.51. The molecular weight excluding hydrogens is 651 g/mol. The summed E-state index contributed by atoms with van der Waals surface area (Å²) in [6.07, 6.45) is 15.4. The first kappa shape index (κ1) is 32.8. The van der Waals surface area contributed by atoms with Crippen molar-refractivity contribution in [2.75, 3.05) is 4.90 Å². The molecule has 0 aromatic heterocycles. The fourth-order valence-corrected chi connectivity index (χ4v) is 12.9. The molecule has 0 saturated heterocycles. The van der Waals surface area contributed by atoms with Crippen LogP contribution in [0.15, 0.2) is 127 Å². The van der Waals surface area contributed by atoms with Gasteiger partial charge in [-0.2, -0.15) is 0 Å². The summed E-state index contributed by atoms with van der Waals surface area (Å²) in [5.74, 6) is 3.52. The molecule has 270 valence electrons. The first-order valence-electron chi connectivity index (χ1n) is 21.2. The average molecular weight is 704 g/mol. The Kier molecular flexibility index (Phi) is 7.56. The van der Waals surface area contributed by atoms with Crippen molar-refractivity contribution >= 4 is 27.8 Å². The van der Waals surface area contributed by atoms with Gasteiger partial charge in [0.2, 0.25) is 0 Å². The van der Waals surface area contributed by atoms with E-state index < -0.39 is 0 Å². The molecule has 54 heavy (non-hydrogen) atoms. The van der Waals surface area contributed by atoms with Crippen LogP contribution in [0.2, 0.25) is 0 Å². The summed E-state index contributed by atoms with van der Waals surface area (Å²) in [7, 11) is 0. The minimum atomic E-state index is -0.151. The van der Waals surface area contributed by atoms with Crippen molar-refractivity contribution < 1.29 is 0 Å². The summed E-state index contributed by atoms with van der Waals surface area (Å²) >= 11 is 0. The molecule has 5 fully saturated rings. The Morgan fingerprint density at radius 1 is 0.556 bits per heavy atom. The summed E-state index contributed by atoms with van der Waals surface area (Å²) in [6, 6.07) is 49.7. The number of nitrogens with zero attached hydrogens (tertiary/aromatic N) is 1. The second-order valence-corrected chi connectivity index (χ2v) is 18.6. The van der Waals surface area contributed by atoms with Crippen LogP contribution < -0.4 is 4.90 Å². The molecule has 0 atom stereocenters. The second-order valence-electron chi connectivity index (χ2n) is 18.6. The molecule has 5 saturated carbocycles. The van der Waals surface area contributed by atoms with Gasteiger partial charge in [0.25, 0.3) is 0 Å². The lowest BCUT2D eigenvalue weighted by molar-refractivity contribution is -0.00518. The van der Waals surface area contributed by atoms with Gasteiger partial charge < -0.3 is 4.90 Å². The number of anilines is 3. The van der Waals surface area contributed by atoms with Crippen molar-refractivity contribution in [2.45, 2.75) is 101 Å². The van der Waals surface area contributed by atoms with Gasteiger partial charge in [-0.05, 0) is 167 Å². The molecule has 4 bridgehead atoms. The van der Waals surface area contributed by atoms with Crippen molar-refractivity contribution in [3.63, 3.8) is 0 Å². The maximum atomic E-state index is 2.60. The number of benzene rings is 6. The van der Waals surface area contributed by atoms with Gasteiger partial charge in [-0.3, -0.25) is 0 Å². The fraction of sp³-hybridized carbons (Fsp3) is 0.358. The predicted molar refractivity (Wildman–Crippen MR) is 227 cm³/mol. The van der Waals surface area contributed by atoms with E-state index in [1.54, 1.807) is 5.56 Å². The van der Waals surface area contributed by atoms with Crippen LogP contribution in [0, 0.1) is 17.8 Å². The number of rotatable bonds is 6. The largest absolute Gasteiger partial charge is 0.310 e. The second kappa shape index (κ2) is 12.5. The molecule has 0 heterocycles. The van der Waals surface area contributed by atoms with E-state index in [-0.39, 0.29) is 5.41 Å². The standard InChI is InChI=1S/C53H53N/c1-52(2)48-15-9-8-14-46(48)47-26-27-49(50(51(47)52)42-17-16-39-12-6-7-13-41(39)31-42)54(44-22-18-40(19-23-44)38-10-4-3-5-11-38)45-24-20-43(21-25-45)53-32-35-28-36(33-53)30-37(29-35)34-53/h6-9,12-27,31,35-38H,3-5,10-11,28-30,32-34H2,1-2H3. The maximum Gasteiger partial charge on any atom is 0.0543 e. The van der Waals surface area contributed by atoms with E-state index in [1.807, 2.05) is 0 Å². The lowest BCUT2D eigenvalue weighted by Gasteiger charge is -2.57. The van der Waals surface area contributed by atoms with Crippen LogP contribution in [-0.4, -0.2) is 0 Å². The number of hydrogen-bond donors (Lipinski definition) is 0. The van der Waals surface area contributed by atoms with Crippen LogP contribution in [0.4, 0.5) is 17.1 Å². The Morgan fingerprint density at radius 2 is 1.19 bits per heavy atom. The Labute approximate surface area is 322 Å². The van der Waals surface area contributed by atoms with E-state index in [4.69, 9.17) is 0 Å². The first-order chi connectivity index (χ1) is 26.4. The van der Waals surface area contributed by atoms with Gasteiger partial charge in [-0.15, -0.1) is 0 Å². The summed E-state index contributed by atoms with van der Waals surface area (Å²) in [5.41, 5.74) is 15.3. The molecule has 1 nitrogen and oxygen atoms in total. The highest BCUT2D eigenvalue weighted by atomic mass is 15.1. The molecule has 0 radical (unpaired) electrons. The highest BCUT2D eigenvalue weighted by Crippen LogP contribution is 2.61. The van der Waals surface area contributed by atoms with E-state index in [1.165, 1.54) is 137 Å². The smallest absolute Gasteiger partial charge is 0.0543 e. The van der Waals surface area contributed by atoms with Crippen LogP contribution in [0.5, 0.6) is 0 Å². The highest BCUT2D eigenvalue weighted by molar-refractivity contribution is 5.99. The van der Waals surface area contributed by atoms with Crippen molar-refractivity contribution in [1.82, 2.24) is 0 Å². The SMILES string of the molecule is CC1(C)c2ccccc2-c2ccc(N(c3ccc(C4CCCCC4)cc3)c3ccc(C45CC6CC(CC(C6)C4)C5)cc3)c(-c3ccc4ccccc4c3)c21. The molecule has 0 spiro atoms. The van der Waals surface area contributed by atoms with Crippen LogP contribution in [0.1, 0.15) is 113 Å². The molecular formula is C53H53N. The molecule has 0 aliphatic heterocycles. The summed E-state index contributed by atoms with van der Waals surface area (Å²) in [6.45, 7) is 4.88. The van der Waals surface area contributed by atoms with Gasteiger partial charge in [0.05, 0.1) is 5.69 Å². The van der Waals surface area contributed by atoms with Gasteiger partial charge in [0.15, 0.2) is 0 Å². The van der Waals surface area contributed by atoms with Crippen LogP contribution >= 0.6 is 0 Å². The van der Waals surface area contributed by atoms with Crippen LogP contribution in [0.25, 0.3) is 33.0 Å². The van der Waals surface area contributed by atoms with Crippen LogP contribution in [-0.2, 0) is 10.8 Å². The quantitative estimate of drug-likeness (QED) is 0.167. The van der Waals surface area contributed by atoms with E-state index in [0.29, 0.717) is 11.3 Å². The van der Waals surface area contributed by atoms with E-state index in [0.717, 1.165) is 17.8 Å². The van der Waals surface area contributed by atoms with Crippen molar-refractivity contribution in [3.8, 4) is 22.3 Å². The third kappa shape index (κ3) is 5.17. The zero-order valence-electron chi connectivity index (χ0n) is 32.2. The molecule has 0 unspecified atom stereocenters. The maximum absolute atomic E-state index is 2.60. The molecule has 0 amide bonds. The van der Waals surface area contributed by atoms with Gasteiger partial charge in [-0.25, -0.2) is 0 Å². The Balaban J connectivity index is 1.10. The molecule has 6 aliphatic carbocycles. The third-order valence-corrected chi connectivity index (χ3v) is 15.0. The van der Waals surface area contributed by atoms with Crippen molar-refractivity contribution in [3.05, 3.63) is 150 Å². The molecule has 6 aliphatic rings. The van der Waals surface area contributed by atoms with E-state index >= 15 is 0 Å². The Morgan fingerprint density at radius 3 is 1.89 bits per heavy atom. The summed E-state index contributed by atoms with van der Waals surface area (Å²) in [4.78, 5) is 2.60. The molecule has 12 rings (SSSR count). The zero-order valence-corrected chi connectivity index (χ0v) is 32.2. The third-order valence-electron chi connectivity index (χ3n) is 15.0. The fourth-order valence-electron chi connectivity index (χ4n) is 12.9. The van der Waals surface area contributed by atoms with Gasteiger partial charge >= 0.3 is 0 Å². The minimum Gasteiger partial charge on any atom is -0.310 e. The molecule has 6 aromatic rings. The summed E-state index contributed by atoms with van der Waals surface area (Å²) in [5, 5.41) is 2.57. The van der Waals surface area contributed by atoms with Gasteiger partial charge in [-0.1, -0.05) is 124 Å². The lowest BCUT2D eigenvalue weighted by atomic mass is 9.48. The average Bonchev–Trinajstić information content (AvgIpc) is 3.44. The normalized spacial score (nSPS) is 25.1. The molecule has 1 heteroatoms. The van der Waals surface area contributed by atoms with Crippen molar-refractivity contribution in [2.24, 2.45) is 17.8 Å². The lowest BCUT2D eigenvalue weighted by Crippen LogP contribution is -2.48. The minimum absolute atomic E-state index is 0.151. The Bertz CT molecular complexity index is 2340. The topological polar surface area (TPSA) is 3.24 Å². The zero-order chi connectivity index (χ0) is 36.0. The molecule has 0 N–H and O–H groups in total. The number of fused-ring (bicyclic) bond motifs is 4. The van der Waals surface area contributed by atoms with Crippen LogP contribution in [0.3, 0.4) is 0 Å². The monoisotopic (exact) mass is 703 g/mol. The summed E-state index contributed by atoms with van der Waals surface area (Å²) < 4.78 is 0. The van der Waals surface area contributed by atoms with Gasteiger partial charge in [0.1, 0.15) is 0 Å². The van der Waals surface area contributed by atoms with E-state index in [9.17, 15) is 0 Å². The molecule has 6 aromatic carbocycles.